The smallest absolute Gasteiger partial charge is 0.266 e. The molecule has 1 aliphatic rings. The van der Waals surface area contributed by atoms with Gasteiger partial charge < -0.3 is 16.0 Å². The van der Waals surface area contributed by atoms with Gasteiger partial charge in [0.25, 0.3) is 5.91 Å². The Hall–Kier alpha value is -1.19. The van der Waals surface area contributed by atoms with Crippen molar-refractivity contribution in [2.24, 2.45) is 5.73 Å². The van der Waals surface area contributed by atoms with E-state index in [1.807, 2.05) is 29.3 Å². The number of aromatic nitrogens is 1. The highest BCUT2D eigenvalue weighted by molar-refractivity contribution is 7.22. The fraction of sp³-hybridized carbons (Fsp3) is 0.500. The minimum absolute atomic E-state index is 0. The maximum Gasteiger partial charge on any atom is 0.266 e. The zero-order valence-corrected chi connectivity index (χ0v) is 18.9. The Labute approximate surface area is 185 Å². The van der Waals surface area contributed by atoms with Crippen LogP contribution in [0.4, 0.5) is 0 Å². The maximum atomic E-state index is 13.2. The molecule has 0 aromatic carbocycles. The SMILES string of the molecule is Cc1nc(-c2cccs2)sc1C(=O)N1CCCCC1CNC(=O)CCN.Cl.Cl. The molecule has 0 spiro atoms. The van der Waals surface area contributed by atoms with Gasteiger partial charge in [-0.15, -0.1) is 47.5 Å². The zero-order valence-electron chi connectivity index (χ0n) is 15.7. The van der Waals surface area contributed by atoms with E-state index in [0.29, 0.717) is 24.4 Å². The first kappa shape index (κ1) is 24.8. The molecule has 3 N–H and O–H groups in total. The van der Waals surface area contributed by atoms with Gasteiger partial charge in [0.15, 0.2) is 0 Å². The number of rotatable bonds is 6. The van der Waals surface area contributed by atoms with Gasteiger partial charge in [-0.1, -0.05) is 6.07 Å². The average Bonchev–Trinajstić information content (AvgIpc) is 3.29. The normalized spacial score (nSPS) is 16.1. The Morgan fingerprint density at radius 1 is 1.36 bits per heavy atom. The van der Waals surface area contributed by atoms with Crippen LogP contribution in [0.2, 0.25) is 0 Å². The summed E-state index contributed by atoms with van der Waals surface area (Å²) in [5.74, 6) is -0.0278. The number of nitrogens with two attached hydrogens (primary N) is 1. The molecule has 2 aromatic rings. The zero-order chi connectivity index (χ0) is 18.5. The van der Waals surface area contributed by atoms with Gasteiger partial charge in [0.2, 0.25) is 5.91 Å². The topological polar surface area (TPSA) is 88.3 Å². The lowest BCUT2D eigenvalue weighted by Crippen LogP contribution is -2.49. The van der Waals surface area contributed by atoms with Crippen LogP contribution in [0.25, 0.3) is 9.88 Å². The molecule has 28 heavy (non-hydrogen) atoms. The third-order valence-electron chi connectivity index (χ3n) is 4.52. The number of piperidine rings is 1. The monoisotopic (exact) mass is 464 g/mol. The predicted molar refractivity (Wildman–Crippen MR) is 120 cm³/mol. The fourth-order valence-corrected chi connectivity index (χ4v) is 4.98. The summed E-state index contributed by atoms with van der Waals surface area (Å²) < 4.78 is 0. The van der Waals surface area contributed by atoms with E-state index in [1.54, 1.807) is 11.3 Å². The molecule has 0 aliphatic carbocycles. The fourth-order valence-electron chi connectivity index (χ4n) is 3.16. The number of thiazole rings is 1. The van der Waals surface area contributed by atoms with E-state index in [0.717, 1.165) is 41.4 Å². The molecule has 6 nitrogen and oxygen atoms in total. The van der Waals surface area contributed by atoms with E-state index >= 15 is 0 Å². The molecule has 156 valence electrons. The number of thiophene rings is 1. The molecule has 1 unspecified atom stereocenters. The number of carbonyl (C=O) groups is 2. The Bertz CT molecular complexity index is 768. The van der Waals surface area contributed by atoms with Gasteiger partial charge in [-0.25, -0.2) is 4.98 Å². The summed E-state index contributed by atoms with van der Waals surface area (Å²) in [6, 6.07) is 4.04. The molecule has 0 saturated carbocycles. The van der Waals surface area contributed by atoms with Gasteiger partial charge in [-0.3, -0.25) is 9.59 Å². The molecule has 1 aliphatic heterocycles. The Morgan fingerprint density at radius 3 is 2.82 bits per heavy atom. The van der Waals surface area contributed by atoms with Crippen LogP contribution in [0.5, 0.6) is 0 Å². The Kier molecular flexibility index (Phi) is 10.4. The lowest BCUT2D eigenvalue weighted by atomic mass is 10.0. The van der Waals surface area contributed by atoms with Crippen LogP contribution >= 0.6 is 47.5 Å². The number of hydrogen-bond donors (Lipinski definition) is 2. The number of nitrogens with one attached hydrogen (secondary N) is 1. The molecule has 2 amide bonds. The van der Waals surface area contributed by atoms with E-state index < -0.39 is 0 Å². The lowest BCUT2D eigenvalue weighted by molar-refractivity contribution is -0.121. The first-order valence-corrected chi connectivity index (χ1v) is 10.6. The van der Waals surface area contributed by atoms with Crippen LogP contribution in [0.3, 0.4) is 0 Å². The predicted octanol–water partition coefficient (Wildman–Crippen LogP) is 3.48. The number of carbonyl (C=O) groups excluding carboxylic acids is 2. The van der Waals surface area contributed by atoms with Gasteiger partial charge in [-0.05, 0) is 37.6 Å². The number of halogens is 2. The van der Waals surface area contributed by atoms with E-state index in [4.69, 9.17) is 5.73 Å². The second-order valence-corrected chi connectivity index (χ2v) is 8.35. The van der Waals surface area contributed by atoms with E-state index in [9.17, 15) is 9.59 Å². The first-order chi connectivity index (χ1) is 12.6. The summed E-state index contributed by atoms with van der Waals surface area (Å²) in [5.41, 5.74) is 6.20. The second kappa shape index (κ2) is 11.7. The molecular weight excluding hydrogens is 439 g/mol. The molecule has 3 rings (SSSR count). The summed E-state index contributed by atoms with van der Waals surface area (Å²) in [7, 11) is 0. The number of aryl methyl sites for hydroxylation is 1. The standard InChI is InChI=1S/C18H24N4O2S2.2ClH/c1-12-16(26-17(21-12)14-6-4-10-25-14)18(24)22-9-3-2-5-13(22)11-20-15(23)7-8-19;;/h4,6,10,13H,2-3,5,7-9,11,19H2,1H3,(H,20,23);2*1H. The third-order valence-corrected chi connectivity index (χ3v) is 6.70. The second-order valence-electron chi connectivity index (χ2n) is 6.40. The van der Waals surface area contributed by atoms with Gasteiger partial charge >= 0.3 is 0 Å². The molecule has 10 heteroatoms. The molecule has 2 aromatic heterocycles. The Balaban J connectivity index is 0.00000196. The number of amides is 2. The van der Waals surface area contributed by atoms with Crippen molar-refractivity contribution < 1.29 is 9.59 Å². The Morgan fingerprint density at radius 2 is 2.14 bits per heavy atom. The van der Waals surface area contributed by atoms with Crippen LogP contribution in [0.1, 0.15) is 41.0 Å². The van der Waals surface area contributed by atoms with Crippen molar-refractivity contribution in [1.29, 1.82) is 0 Å². The maximum absolute atomic E-state index is 13.2. The summed E-state index contributed by atoms with van der Waals surface area (Å²) in [6.45, 7) is 3.44. The minimum atomic E-state index is -0.0561. The van der Waals surface area contributed by atoms with Crippen molar-refractivity contribution in [2.75, 3.05) is 19.6 Å². The van der Waals surface area contributed by atoms with Crippen molar-refractivity contribution in [3.63, 3.8) is 0 Å². The molecule has 0 radical (unpaired) electrons. The molecule has 1 atom stereocenters. The first-order valence-electron chi connectivity index (χ1n) is 8.89. The van der Waals surface area contributed by atoms with Crippen LogP contribution in [0, 0.1) is 6.92 Å². The number of nitrogens with zero attached hydrogens (tertiary/aromatic N) is 2. The van der Waals surface area contributed by atoms with E-state index in [1.165, 1.54) is 11.3 Å². The average molecular weight is 465 g/mol. The number of likely N-dealkylation sites (tertiary alicyclic amines) is 1. The van der Waals surface area contributed by atoms with Crippen LogP contribution in [0.15, 0.2) is 17.5 Å². The van der Waals surface area contributed by atoms with Gasteiger partial charge in [0, 0.05) is 32.1 Å². The summed E-state index contributed by atoms with van der Waals surface area (Å²) in [6.07, 6.45) is 3.29. The quantitative estimate of drug-likeness (QED) is 0.684. The van der Waals surface area contributed by atoms with Crippen molar-refractivity contribution in [1.82, 2.24) is 15.2 Å². The van der Waals surface area contributed by atoms with Crippen LogP contribution in [-0.2, 0) is 4.79 Å². The largest absolute Gasteiger partial charge is 0.354 e. The van der Waals surface area contributed by atoms with Crippen LogP contribution < -0.4 is 11.1 Å². The number of hydrogen-bond acceptors (Lipinski definition) is 6. The minimum Gasteiger partial charge on any atom is -0.354 e. The van der Waals surface area contributed by atoms with Gasteiger partial charge in [0.1, 0.15) is 9.88 Å². The molecular formula is C18H26Cl2N4O2S2. The van der Waals surface area contributed by atoms with Crippen molar-refractivity contribution in [2.45, 2.75) is 38.6 Å². The molecule has 3 heterocycles. The van der Waals surface area contributed by atoms with Crippen molar-refractivity contribution in [3.05, 3.63) is 28.1 Å². The molecule has 1 fully saturated rings. The molecule has 1 saturated heterocycles. The highest BCUT2D eigenvalue weighted by Crippen LogP contribution is 2.32. The van der Waals surface area contributed by atoms with Crippen molar-refractivity contribution in [3.8, 4) is 9.88 Å². The highest BCUT2D eigenvalue weighted by atomic mass is 35.5. The van der Waals surface area contributed by atoms with Crippen LogP contribution in [-0.4, -0.2) is 47.4 Å². The lowest BCUT2D eigenvalue weighted by Gasteiger charge is -2.35. The van der Waals surface area contributed by atoms with Crippen molar-refractivity contribution >= 4 is 59.3 Å². The summed E-state index contributed by atoms with van der Waals surface area (Å²) in [5, 5.41) is 5.81. The third kappa shape index (κ3) is 5.90. The van der Waals surface area contributed by atoms with E-state index in [-0.39, 0.29) is 42.7 Å². The van der Waals surface area contributed by atoms with E-state index in [2.05, 4.69) is 10.3 Å². The van der Waals surface area contributed by atoms with Gasteiger partial charge in [0.05, 0.1) is 10.6 Å². The highest BCUT2D eigenvalue weighted by Gasteiger charge is 2.30. The summed E-state index contributed by atoms with van der Waals surface area (Å²) in [4.78, 5) is 33.2. The van der Waals surface area contributed by atoms with Gasteiger partial charge in [-0.2, -0.15) is 0 Å². The summed E-state index contributed by atoms with van der Waals surface area (Å²) >= 11 is 3.08. The molecule has 0 bridgehead atoms.